The molecule has 0 saturated heterocycles. The second-order valence-electron chi connectivity index (χ2n) is 12.2. The van der Waals surface area contributed by atoms with Gasteiger partial charge in [-0.25, -0.2) is 8.42 Å². The Morgan fingerprint density at radius 2 is 1.51 bits per heavy atom. The van der Waals surface area contributed by atoms with Crippen LogP contribution < -0.4 is 19.1 Å². The predicted molar refractivity (Wildman–Crippen MR) is 192 cm³/mol. The Labute approximate surface area is 293 Å². The van der Waals surface area contributed by atoms with Gasteiger partial charge in [-0.3, -0.25) is 13.9 Å². The zero-order valence-corrected chi connectivity index (χ0v) is 29.5. The van der Waals surface area contributed by atoms with Crippen molar-refractivity contribution in [1.29, 1.82) is 0 Å². The molecule has 1 atom stereocenters. The Morgan fingerprint density at radius 3 is 2.14 bits per heavy atom. The van der Waals surface area contributed by atoms with Crippen LogP contribution in [0.3, 0.4) is 0 Å². The lowest BCUT2D eigenvalue weighted by molar-refractivity contribution is -0.140. The number of sulfonamides is 1. The molecule has 4 aromatic carbocycles. The van der Waals surface area contributed by atoms with E-state index in [1.54, 1.807) is 48.5 Å². The number of ether oxygens (including phenoxy) is 2. The zero-order valence-electron chi connectivity index (χ0n) is 28.0. The number of carbonyl (C=O) groups is 2. The van der Waals surface area contributed by atoms with E-state index in [4.69, 9.17) is 21.1 Å². The monoisotopic (exact) mass is 703 g/mol. The van der Waals surface area contributed by atoms with Gasteiger partial charge < -0.3 is 19.7 Å². The molecular formula is C38H42ClN3O6S. The minimum atomic E-state index is -4.32. The predicted octanol–water partition coefficient (Wildman–Crippen LogP) is 6.56. The van der Waals surface area contributed by atoms with Crippen molar-refractivity contribution in [3.63, 3.8) is 0 Å². The van der Waals surface area contributed by atoms with Crippen molar-refractivity contribution in [3.8, 4) is 11.5 Å². The maximum atomic E-state index is 14.7. The minimum absolute atomic E-state index is 0.0211. The molecule has 0 unspecified atom stereocenters. The van der Waals surface area contributed by atoms with Gasteiger partial charge in [0.1, 0.15) is 12.6 Å². The van der Waals surface area contributed by atoms with Crippen LogP contribution in [0.5, 0.6) is 11.5 Å². The molecule has 49 heavy (non-hydrogen) atoms. The van der Waals surface area contributed by atoms with Gasteiger partial charge in [0.05, 0.1) is 24.8 Å². The van der Waals surface area contributed by atoms with Crippen molar-refractivity contribution in [2.24, 2.45) is 0 Å². The van der Waals surface area contributed by atoms with E-state index in [1.807, 2.05) is 37.3 Å². The van der Waals surface area contributed by atoms with Gasteiger partial charge >= 0.3 is 0 Å². The highest BCUT2D eigenvalue weighted by Crippen LogP contribution is 2.33. The Hall–Kier alpha value is -4.54. The van der Waals surface area contributed by atoms with E-state index in [9.17, 15) is 18.0 Å². The standard InChI is InChI=1S/C38H42ClN3O6S/c1-27-13-19-32(20-14-27)42(49(45,46)33-21-22-35(47-2)36(24-33)48-3)26-37(43)41(25-29-15-17-30(39)18-16-29)34(23-28-9-5-4-6-10-28)38(44)40-31-11-7-8-12-31/h4-6,9-10,13-22,24,31,34H,7-8,11-12,23,25-26H2,1-3H3,(H,40,44)/t34-/m1/s1. The lowest BCUT2D eigenvalue weighted by atomic mass is 10.0. The van der Waals surface area contributed by atoms with Gasteiger partial charge in [0.25, 0.3) is 10.0 Å². The number of benzene rings is 4. The number of carbonyl (C=O) groups excluding carboxylic acids is 2. The van der Waals surface area contributed by atoms with Crippen LogP contribution in [0.25, 0.3) is 0 Å². The molecule has 1 N–H and O–H groups in total. The molecule has 0 spiro atoms. The number of amides is 2. The number of aryl methyl sites for hydroxylation is 1. The molecule has 0 aromatic heterocycles. The number of hydrogen-bond acceptors (Lipinski definition) is 6. The molecular weight excluding hydrogens is 662 g/mol. The van der Waals surface area contributed by atoms with Crippen LogP contribution in [0.1, 0.15) is 42.4 Å². The maximum absolute atomic E-state index is 14.7. The number of nitrogens with one attached hydrogen (secondary N) is 1. The highest BCUT2D eigenvalue weighted by Gasteiger charge is 2.36. The summed E-state index contributed by atoms with van der Waals surface area (Å²) in [6, 6.07) is 26.9. The third kappa shape index (κ3) is 8.93. The van der Waals surface area contributed by atoms with Gasteiger partial charge in [0, 0.05) is 30.1 Å². The minimum Gasteiger partial charge on any atom is -0.493 e. The lowest BCUT2D eigenvalue weighted by Gasteiger charge is -2.34. The molecule has 2 amide bonds. The van der Waals surface area contributed by atoms with Crippen molar-refractivity contribution in [2.45, 2.75) is 62.6 Å². The summed E-state index contributed by atoms with van der Waals surface area (Å²) < 4.78 is 40.7. The van der Waals surface area contributed by atoms with Crippen molar-refractivity contribution < 1.29 is 27.5 Å². The van der Waals surface area contributed by atoms with Crippen LogP contribution in [0, 0.1) is 6.92 Å². The summed E-state index contributed by atoms with van der Waals surface area (Å²) in [6.07, 6.45) is 4.05. The highest BCUT2D eigenvalue weighted by atomic mass is 35.5. The lowest BCUT2D eigenvalue weighted by Crippen LogP contribution is -2.54. The molecule has 0 aliphatic heterocycles. The molecule has 258 valence electrons. The molecule has 0 radical (unpaired) electrons. The number of hydrogen-bond donors (Lipinski definition) is 1. The average Bonchev–Trinajstić information content (AvgIpc) is 3.63. The number of halogens is 1. The average molecular weight is 704 g/mol. The summed E-state index contributed by atoms with van der Waals surface area (Å²) in [5.41, 5.74) is 2.84. The Kier molecular flexibility index (Phi) is 11.9. The van der Waals surface area contributed by atoms with E-state index < -0.39 is 28.5 Å². The van der Waals surface area contributed by atoms with E-state index >= 15 is 0 Å². The molecule has 0 heterocycles. The highest BCUT2D eigenvalue weighted by molar-refractivity contribution is 7.92. The fraction of sp³-hybridized carbons (Fsp3) is 0.316. The van der Waals surface area contributed by atoms with Crippen LogP contribution in [-0.2, 0) is 32.6 Å². The quantitative estimate of drug-likeness (QED) is 0.160. The van der Waals surface area contributed by atoms with Crippen molar-refractivity contribution in [2.75, 3.05) is 25.1 Å². The van der Waals surface area contributed by atoms with Crippen LogP contribution in [0.4, 0.5) is 5.69 Å². The van der Waals surface area contributed by atoms with Crippen LogP contribution in [-0.4, -0.2) is 58.0 Å². The van der Waals surface area contributed by atoms with E-state index in [-0.39, 0.29) is 35.6 Å². The molecule has 1 aliphatic carbocycles. The largest absolute Gasteiger partial charge is 0.493 e. The van der Waals surface area contributed by atoms with Gasteiger partial charge in [-0.15, -0.1) is 0 Å². The first-order valence-electron chi connectivity index (χ1n) is 16.3. The summed E-state index contributed by atoms with van der Waals surface area (Å²) in [5, 5.41) is 3.72. The third-order valence-electron chi connectivity index (χ3n) is 8.78. The number of rotatable bonds is 14. The SMILES string of the molecule is COc1ccc(S(=O)(=O)N(CC(=O)N(Cc2ccc(Cl)cc2)[C@H](Cc2ccccc2)C(=O)NC2CCCC2)c2ccc(C)cc2)cc1OC. The number of anilines is 1. The van der Waals surface area contributed by atoms with Gasteiger partial charge in [0.15, 0.2) is 11.5 Å². The summed E-state index contributed by atoms with van der Waals surface area (Å²) in [5.74, 6) is -0.218. The summed E-state index contributed by atoms with van der Waals surface area (Å²) in [6.45, 7) is 1.39. The summed E-state index contributed by atoms with van der Waals surface area (Å²) in [4.78, 5) is 30.3. The van der Waals surface area contributed by atoms with Gasteiger partial charge in [0.2, 0.25) is 11.8 Å². The molecule has 9 nitrogen and oxygen atoms in total. The zero-order chi connectivity index (χ0) is 35.0. The van der Waals surface area contributed by atoms with Crippen molar-refractivity contribution in [1.82, 2.24) is 10.2 Å². The van der Waals surface area contributed by atoms with Crippen molar-refractivity contribution in [3.05, 3.63) is 119 Å². The van der Waals surface area contributed by atoms with E-state index in [2.05, 4.69) is 5.32 Å². The first-order chi connectivity index (χ1) is 23.6. The Balaban J connectivity index is 1.57. The number of nitrogens with zero attached hydrogens (tertiary/aromatic N) is 2. The van der Waals surface area contributed by atoms with Crippen LogP contribution in [0.2, 0.25) is 5.02 Å². The fourth-order valence-electron chi connectivity index (χ4n) is 6.05. The first kappa shape index (κ1) is 35.8. The molecule has 1 fully saturated rings. The smallest absolute Gasteiger partial charge is 0.264 e. The summed E-state index contributed by atoms with van der Waals surface area (Å²) >= 11 is 6.19. The second-order valence-corrected chi connectivity index (χ2v) is 14.5. The Bertz CT molecular complexity index is 1830. The number of methoxy groups -OCH3 is 2. The third-order valence-corrected chi connectivity index (χ3v) is 10.8. The van der Waals surface area contributed by atoms with E-state index in [0.717, 1.165) is 46.7 Å². The normalized spacial score (nSPS) is 13.8. The van der Waals surface area contributed by atoms with Gasteiger partial charge in [-0.2, -0.15) is 0 Å². The molecule has 1 aliphatic rings. The van der Waals surface area contributed by atoms with E-state index in [1.165, 1.54) is 37.3 Å². The molecule has 4 aromatic rings. The van der Waals surface area contributed by atoms with Crippen LogP contribution in [0.15, 0.2) is 102 Å². The second kappa shape index (κ2) is 16.2. The Morgan fingerprint density at radius 1 is 0.857 bits per heavy atom. The van der Waals surface area contributed by atoms with E-state index in [0.29, 0.717) is 16.5 Å². The van der Waals surface area contributed by atoms with Crippen molar-refractivity contribution >= 4 is 39.1 Å². The maximum Gasteiger partial charge on any atom is 0.264 e. The topological polar surface area (TPSA) is 105 Å². The van der Waals surface area contributed by atoms with Gasteiger partial charge in [-0.05, 0) is 67.3 Å². The van der Waals surface area contributed by atoms with Gasteiger partial charge in [-0.1, -0.05) is 84.6 Å². The van der Waals surface area contributed by atoms with Crippen LogP contribution >= 0.6 is 11.6 Å². The molecule has 1 saturated carbocycles. The molecule has 0 bridgehead atoms. The summed E-state index contributed by atoms with van der Waals surface area (Å²) in [7, 11) is -1.43. The molecule has 11 heteroatoms. The fourth-order valence-corrected chi connectivity index (χ4v) is 7.61. The molecule has 5 rings (SSSR count). The first-order valence-corrected chi connectivity index (χ1v) is 18.1.